The van der Waals surface area contributed by atoms with Crippen LogP contribution in [0.4, 0.5) is 17.6 Å². The number of para-hydroxylation sites is 2. The Morgan fingerprint density at radius 3 is 2.53 bits per heavy atom. The van der Waals surface area contributed by atoms with E-state index in [0.717, 1.165) is 30.5 Å². The minimum absolute atomic E-state index is 0.0246. The van der Waals surface area contributed by atoms with Crippen LogP contribution in [0, 0.1) is 5.82 Å². The van der Waals surface area contributed by atoms with Crippen LogP contribution in [0.5, 0.6) is 11.5 Å². The summed E-state index contributed by atoms with van der Waals surface area (Å²) in [6.45, 7) is 0.0739. The van der Waals surface area contributed by atoms with Gasteiger partial charge in [-0.3, -0.25) is 4.79 Å². The van der Waals surface area contributed by atoms with Crippen molar-refractivity contribution in [3.8, 4) is 17.2 Å². The van der Waals surface area contributed by atoms with E-state index in [0.29, 0.717) is 16.2 Å². The maximum atomic E-state index is 13.7. The lowest BCUT2D eigenvalue weighted by Crippen LogP contribution is -2.41. The molecular weight excluding hydrogens is 406 g/mol. The molecule has 1 amide bonds. The van der Waals surface area contributed by atoms with Gasteiger partial charge in [0.05, 0.1) is 24.0 Å². The molecule has 1 aliphatic heterocycles. The number of ether oxygens (including phenoxy) is 2. The van der Waals surface area contributed by atoms with Crippen LogP contribution in [0.3, 0.4) is 0 Å². The number of nitrogens with one attached hydrogen (secondary N) is 1. The average molecular weight is 421 g/mol. The Morgan fingerprint density at radius 2 is 1.83 bits per heavy atom. The van der Waals surface area contributed by atoms with Crippen LogP contribution >= 0.6 is 0 Å². The Morgan fingerprint density at radius 1 is 1.13 bits per heavy atom. The van der Waals surface area contributed by atoms with E-state index in [1.54, 1.807) is 24.3 Å². The second kappa shape index (κ2) is 7.69. The van der Waals surface area contributed by atoms with Crippen LogP contribution in [0.15, 0.2) is 54.7 Å². The third-order valence-corrected chi connectivity index (χ3v) is 4.41. The predicted octanol–water partition coefficient (Wildman–Crippen LogP) is 3.60. The maximum absolute atomic E-state index is 13.7. The topological polar surface area (TPSA) is 65.4 Å². The molecule has 1 aromatic heterocycles. The summed E-state index contributed by atoms with van der Waals surface area (Å²) in [5.41, 5.74) is -1.93. The number of amides is 1. The van der Waals surface area contributed by atoms with E-state index >= 15 is 0 Å². The summed E-state index contributed by atoms with van der Waals surface area (Å²) in [5, 5.41) is 6.11. The van der Waals surface area contributed by atoms with Crippen LogP contribution in [-0.4, -0.2) is 34.9 Å². The highest BCUT2D eigenvalue weighted by Crippen LogP contribution is 2.34. The van der Waals surface area contributed by atoms with Crippen LogP contribution in [0.2, 0.25) is 0 Å². The number of rotatable bonds is 4. The summed E-state index contributed by atoms with van der Waals surface area (Å²) in [6.07, 6.45) is -4.60. The summed E-state index contributed by atoms with van der Waals surface area (Å²) >= 11 is 0. The summed E-state index contributed by atoms with van der Waals surface area (Å²) < 4.78 is 65.9. The average Bonchev–Trinajstić information content (AvgIpc) is 3.18. The highest BCUT2D eigenvalue weighted by Gasteiger charge is 2.40. The minimum atomic E-state index is -4.86. The minimum Gasteiger partial charge on any atom is -0.486 e. The Labute approximate surface area is 168 Å². The van der Waals surface area contributed by atoms with Crippen LogP contribution in [-0.2, 0) is 6.18 Å². The zero-order chi connectivity index (χ0) is 21.3. The number of carbonyl (C=O) groups excluding carboxylic acids is 1. The molecule has 0 aliphatic carbocycles. The zero-order valence-electron chi connectivity index (χ0n) is 15.3. The lowest BCUT2D eigenvalue weighted by atomic mass is 10.2. The van der Waals surface area contributed by atoms with Crippen LogP contribution in [0.1, 0.15) is 16.1 Å². The van der Waals surface area contributed by atoms with Gasteiger partial charge in [0.15, 0.2) is 17.2 Å². The van der Waals surface area contributed by atoms with Gasteiger partial charge in [-0.2, -0.15) is 18.3 Å². The van der Waals surface area contributed by atoms with Crippen LogP contribution < -0.4 is 14.8 Å². The monoisotopic (exact) mass is 421 g/mol. The molecule has 3 aromatic rings. The standard InChI is InChI=1S/C20H15F4N3O3/c21-12-5-7-13(8-6-12)27-18(20(22,23)24)15(10-26-27)19(28)25-9-14-11-29-16-3-1-2-4-17(16)30-14/h1-8,10,14H,9,11H2,(H,25,28)/t14-/m0/s1. The molecule has 1 N–H and O–H groups in total. The third-order valence-electron chi connectivity index (χ3n) is 4.41. The van der Waals surface area contributed by atoms with E-state index in [-0.39, 0.29) is 18.8 Å². The van der Waals surface area contributed by atoms with Crippen molar-refractivity contribution in [3.63, 3.8) is 0 Å². The number of halogens is 4. The van der Waals surface area contributed by atoms with Crippen molar-refractivity contribution >= 4 is 5.91 Å². The molecule has 0 saturated carbocycles. The molecule has 0 spiro atoms. The maximum Gasteiger partial charge on any atom is 0.434 e. The van der Waals surface area contributed by atoms with Gasteiger partial charge in [-0.15, -0.1) is 0 Å². The molecule has 156 valence electrons. The third kappa shape index (κ3) is 3.93. The number of nitrogens with zero attached hydrogens (tertiary/aromatic N) is 2. The summed E-state index contributed by atoms with van der Waals surface area (Å²) in [5.74, 6) is -0.519. The molecule has 0 saturated heterocycles. The lowest BCUT2D eigenvalue weighted by Gasteiger charge is -2.26. The smallest absolute Gasteiger partial charge is 0.434 e. The Bertz CT molecular complexity index is 1060. The molecule has 0 unspecified atom stereocenters. The Hall–Kier alpha value is -3.56. The Balaban J connectivity index is 1.52. The lowest BCUT2D eigenvalue weighted by molar-refractivity contribution is -0.143. The van der Waals surface area contributed by atoms with Gasteiger partial charge in [-0.25, -0.2) is 9.07 Å². The van der Waals surface area contributed by atoms with Gasteiger partial charge in [0.1, 0.15) is 18.5 Å². The molecule has 4 rings (SSSR count). The van der Waals surface area contributed by atoms with Gasteiger partial charge in [0.25, 0.3) is 5.91 Å². The van der Waals surface area contributed by atoms with Gasteiger partial charge in [-0.1, -0.05) is 12.1 Å². The highest BCUT2D eigenvalue weighted by molar-refractivity contribution is 5.95. The van der Waals surface area contributed by atoms with Gasteiger partial charge < -0.3 is 14.8 Å². The molecule has 1 aliphatic rings. The predicted molar refractivity (Wildman–Crippen MR) is 97.2 cm³/mol. The quantitative estimate of drug-likeness (QED) is 0.654. The number of hydrogen-bond donors (Lipinski definition) is 1. The van der Waals surface area contributed by atoms with Gasteiger partial charge in [0.2, 0.25) is 0 Å². The molecule has 6 nitrogen and oxygen atoms in total. The summed E-state index contributed by atoms with van der Waals surface area (Å²) in [4.78, 5) is 12.5. The fourth-order valence-electron chi connectivity index (χ4n) is 3.03. The zero-order valence-corrected chi connectivity index (χ0v) is 15.3. The van der Waals surface area contributed by atoms with Crippen LogP contribution in [0.25, 0.3) is 5.69 Å². The Kier molecular flexibility index (Phi) is 5.06. The molecule has 0 bridgehead atoms. The first-order valence-electron chi connectivity index (χ1n) is 8.91. The van der Waals surface area contributed by atoms with Crippen molar-refractivity contribution in [2.75, 3.05) is 13.2 Å². The summed E-state index contributed by atoms with van der Waals surface area (Å²) in [6, 6.07) is 11.3. The van der Waals surface area contributed by atoms with E-state index in [1.165, 1.54) is 0 Å². The number of alkyl halides is 3. The van der Waals surface area contributed by atoms with Crippen molar-refractivity contribution in [3.05, 3.63) is 71.8 Å². The molecular formula is C20H15F4N3O3. The van der Waals surface area contributed by atoms with E-state index in [4.69, 9.17) is 9.47 Å². The first-order chi connectivity index (χ1) is 14.3. The number of aromatic nitrogens is 2. The fourth-order valence-corrected chi connectivity index (χ4v) is 3.03. The molecule has 30 heavy (non-hydrogen) atoms. The molecule has 10 heteroatoms. The number of fused-ring (bicyclic) bond motifs is 1. The number of hydrogen-bond acceptors (Lipinski definition) is 4. The largest absolute Gasteiger partial charge is 0.486 e. The molecule has 2 heterocycles. The van der Waals surface area contributed by atoms with Crippen molar-refractivity contribution in [2.24, 2.45) is 0 Å². The number of carbonyl (C=O) groups is 1. The SMILES string of the molecule is O=C(NC[C@H]1COc2ccccc2O1)c1cnn(-c2ccc(F)cc2)c1C(F)(F)F. The van der Waals surface area contributed by atoms with Crippen molar-refractivity contribution in [1.82, 2.24) is 15.1 Å². The molecule has 2 aromatic carbocycles. The first kappa shape index (κ1) is 19.7. The molecule has 0 fully saturated rings. The second-order valence-electron chi connectivity index (χ2n) is 6.50. The highest BCUT2D eigenvalue weighted by atomic mass is 19.4. The second-order valence-corrected chi connectivity index (χ2v) is 6.50. The summed E-state index contributed by atoms with van der Waals surface area (Å²) in [7, 11) is 0. The van der Waals surface area contributed by atoms with E-state index < -0.39 is 35.3 Å². The van der Waals surface area contributed by atoms with Gasteiger partial charge in [-0.05, 0) is 36.4 Å². The number of benzene rings is 2. The van der Waals surface area contributed by atoms with Gasteiger partial charge >= 0.3 is 6.18 Å². The molecule has 0 radical (unpaired) electrons. The van der Waals surface area contributed by atoms with Gasteiger partial charge in [0, 0.05) is 0 Å². The van der Waals surface area contributed by atoms with Crippen molar-refractivity contribution < 1.29 is 31.8 Å². The van der Waals surface area contributed by atoms with E-state index in [1.807, 2.05) is 0 Å². The first-order valence-corrected chi connectivity index (χ1v) is 8.91. The van der Waals surface area contributed by atoms with Crippen molar-refractivity contribution in [1.29, 1.82) is 0 Å². The normalized spacial score (nSPS) is 15.7. The molecule has 1 atom stereocenters. The van der Waals surface area contributed by atoms with Crippen molar-refractivity contribution in [2.45, 2.75) is 12.3 Å². The fraction of sp³-hybridized carbons (Fsp3) is 0.200. The van der Waals surface area contributed by atoms with E-state index in [2.05, 4.69) is 10.4 Å². The van der Waals surface area contributed by atoms with E-state index in [9.17, 15) is 22.4 Å².